The lowest BCUT2D eigenvalue weighted by molar-refractivity contribution is 0.431. The van der Waals surface area contributed by atoms with Gasteiger partial charge in [-0.3, -0.25) is 4.98 Å². The molecule has 0 saturated carbocycles. The fourth-order valence-corrected chi connectivity index (χ4v) is 3.23. The second kappa shape index (κ2) is 7.32. The molecule has 25 heavy (non-hydrogen) atoms. The molecule has 0 amide bonds. The topological polar surface area (TPSA) is 51.8 Å². The highest BCUT2D eigenvalue weighted by atomic mass is 32.2. The van der Waals surface area contributed by atoms with Gasteiger partial charge in [-0.15, -0.1) is 11.8 Å². The lowest BCUT2D eigenvalue weighted by Crippen LogP contribution is -1.84. The van der Waals surface area contributed by atoms with E-state index in [1.807, 2.05) is 36.4 Å². The summed E-state index contributed by atoms with van der Waals surface area (Å²) in [6.45, 7) is 0. The number of thioether (sulfide) groups is 1. The first kappa shape index (κ1) is 15.6. The minimum absolute atomic E-state index is 0.429. The van der Waals surface area contributed by atoms with Crippen LogP contribution in [0.25, 0.3) is 23.0 Å². The summed E-state index contributed by atoms with van der Waals surface area (Å²) in [5.74, 6) is 1.95. The highest BCUT2D eigenvalue weighted by Crippen LogP contribution is 2.26. The normalized spacial score (nSPS) is 10.7. The molecule has 0 bridgehead atoms. The average Bonchev–Trinajstić information content (AvgIpc) is 3.19. The van der Waals surface area contributed by atoms with Gasteiger partial charge in [-0.25, -0.2) is 0 Å². The molecule has 0 unspecified atom stereocenters. The van der Waals surface area contributed by atoms with Crippen LogP contribution in [0.1, 0.15) is 5.56 Å². The van der Waals surface area contributed by atoms with Crippen LogP contribution in [0.15, 0.2) is 88.4 Å². The first-order valence-corrected chi connectivity index (χ1v) is 8.89. The van der Waals surface area contributed by atoms with Gasteiger partial charge in [0.15, 0.2) is 0 Å². The molecule has 0 radical (unpaired) electrons. The van der Waals surface area contributed by atoms with Crippen molar-refractivity contribution in [3.8, 4) is 23.0 Å². The molecular weight excluding hydrogens is 330 g/mol. The van der Waals surface area contributed by atoms with Crippen LogP contribution < -0.4 is 0 Å². The number of benzene rings is 2. The summed E-state index contributed by atoms with van der Waals surface area (Å²) in [5, 5.41) is 4.05. The number of rotatable bonds is 5. The number of pyridine rings is 1. The maximum absolute atomic E-state index is 5.31. The number of nitrogens with zero attached hydrogens (tertiary/aromatic N) is 3. The van der Waals surface area contributed by atoms with Crippen molar-refractivity contribution in [3.05, 3.63) is 84.6 Å². The zero-order valence-corrected chi connectivity index (χ0v) is 14.2. The second-order valence-corrected chi connectivity index (χ2v) is 6.49. The van der Waals surface area contributed by atoms with Crippen molar-refractivity contribution in [2.75, 3.05) is 0 Å². The van der Waals surface area contributed by atoms with Crippen LogP contribution in [0.3, 0.4) is 0 Å². The quantitative estimate of drug-likeness (QED) is 0.472. The average molecular weight is 345 g/mol. The third-order valence-electron chi connectivity index (χ3n) is 3.67. The third-order valence-corrected chi connectivity index (χ3v) is 4.75. The van der Waals surface area contributed by atoms with E-state index in [0.29, 0.717) is 17.4 Å². The van der Waals surface area contributed by atoms with Gasteiger partial charge in [-0.05, 0) is 42.0 Å². The predicted octanol–water partition coefficient (Wildman–Crippen LogP) is 5.09. The molecule has 4 nitrogen and oxygen atoms in total. The van der Waals surface area contributed by atoms with Gasteiger partial charge in [0.1, 0.15) is 5.69 Å². The number of hydrogen-bond donors (Lipinski definition) is 0. The first-order valence-electron chi connectivity index (χ1n) is 7.91. The molecule has 0 saturated heterocycles. The molecule has 0 N–H and O–H groups in total. The molecule has 4 aromatic rings. The largest absolute Gasteiger partial charge is 0.332 e. The zero-order valence-electron chi connectivity index (χ0n) is 13.4. The summed E-state index contributed by atoms with van der Waals surface area (Å²) in [6.07, 6.45) is 1.71. The predicted molar refractivity (Wildman–Crippen MR) is 99.0 cm³/mol. The Hall–Kier alpha value is -2.92. The molecule has 2 aromatic carbocycles. The molecule has 122 valence electrons. The molecule has 0 aliphatic carbocycles. The van der Waals surface area contributed by atoms with E-state index in [1.165, 1.54) is 10.5 Å². The fraction of sp³-hybridized carbons (Fsp3) is 0.0500. The van der Waals surface area contributed by atoms with Crippen LogP contribution in [0.4, 0.5) is 0 Å². The lowest BCUT2D eigenvalue weighted by atomic mass is 10.2. The Morgan fingerprint density at radius 3 is 2.40 bits per heavy atom. The minimum atomic E-state index is 0.429. The molecular formula is C20H15N3OS. The molecule has 5 heteroatoms. The van der Waals surface area contributed by atoms with Gasteiger partial charge in [0, 0.05) is 22.4 Å². The molecule has 0 atom stereocenters. The summed E-state index contributed by atoms with van der Waals surface area (Å²) >= 11 is 1.81. The van der Waals surface area contributed by atoms with Crippen molar-refractivity contribution in [1.29, 1.82) is 0 Å². The van der Waals surface area contributed by atoms with E-state index in [1.54, 1.807) is 18.0 Å². The molecule has 2 heterocycles. The van der Waals surface area contributed by atoms with Gasteiger partial charge in [0.05, 0.1) is 0 Å². The Balaban J connectivity index is 1.46. The van der Waals surface area contributed by atoms with Crippen LogP contribution in [0.5, 0.6) is 0 Å². The van der Waals surface area contributed by atoms with Crippen LogP contribution in [-0.4, -0.2) is 15.1 Å². The summed E-state index contributed by atoms with van der Waals surface area (Å²) < 4.78 is 5.31. The van der Waals surface area contributed by atoms with Crippen molar-refractivity contribution in [2.24, 2.45) is 0 Å². The van der Waals surface area contributed by atoms with Crippen molar-refractivity contribution in [1.82, 2.24) is 15.1 Å². The molecule has 2 aromatic heterocycles. The standard InChI is InChI=1S/C20H15N3OS/c1-2-6-15(7-3-1)14-25-17-11-9-16(10-12-17)19-22-20(24-23-19)18-8-4-5-13-21-18/h1-13H,14H2. The van der Waals surface area contributed by atoms with Crippen LogP contribution in [0, 0.1) is 0 Å². The summed E-state index contributed by atoms with van der Waals surface area (Å²) in [4.78, 5) is 9.86. The molecule has 0 aliphatic heterocycles. The van der Waals surface area contributed by atoms with Crippen molar-refractivity contribution in [2.45, 2.75) is 10.6 Å². The van der Waals surface area contributed by atoms with Gasteiger partial charge in [-0.1, -0.05) is 41.6 Å². The monoisotopic (exact) mass is 345 g/mol. The Labute approximate surface area is 149 Å². The zero-order chi connectivity index (χ0) is 16.9. The van der Waals surface area contributed by atoms with E-state index < -0.39 is 0 Å². The lowest BCUT2D eigenvalue weighted by Gasteiger charge is -2.02. The van der Waals surface area contributed by atoms with E-state index in [-0.39, 0.29) is 0 Å². The maximum Gasteiger partial charge on any atom is 0.276 e. The second-order valence-electron chi connectivity index (χ2n) is 5.44. The van der Waals surface area contributed by atoms with Crippen LogP contribution in [-0.2, 0) is 5.75 Å². The van der Waals surface area contributed by atoms with Crippen LogP contribution >= 0.6 is 11.8 Å². The van der Waals surface area contributed by atoms with E-state index in [2.05, 4.69) is 51.5 Å². The van der Waals surface area contributed by atoms with E-state index >= 15 is 0 Å². The van der Waals surface area contributed by atoms with E-state index in [9.17, 15) is 0 Å². The van der Waals surface area contributed by atoms with Gasteiger partial charge < -0.3 is 4.52 Å². The Morgan fingerprint density at radius 2 is 1.64 bits per heavy atom. The van der Waals surface area contributed by atoms with Gasteiger partial charge in [0.25, 0.3) is 5.89 Å². The summed E-state index contributed by atoms with van der Waals surface area (Å²) in [7, 11) is 0. The van der Waals surface area contributed by atoms with Crippen LogP contribution in [0.2, 0.25) is 0 Å². The smallest absolute Gasteiger partial charge is 0.276 e. The van der Waals surface area contributed by atoms with Gasteiger partial charge >= 0.3 is 0 Å². The number of hydrogen-bond acceptors (Lipinski definition) is 5. The minimum Gasteiger partial charge on any atom is -0.332 e. The van der Waals surface area contributed by atoms with Crippen molar-refractivity contribution in [3.63, 3.8) is 0 Å². The van der Waals surface area contributed by atoms with Crippen molar-refractivity contribution >= 4 is 11.8 Å². The Morgan fingerprint density at radius 1 is 0.840 bits per heavy atom. The third kappa shape index (κ3) is 3.78. The molecule has 0 spiro atoms. The molecule has 4 rings (SSSR count). The molecule has 0 fully saturated rings. The van der Waals surface area contributed by atoms with Crippen molar-refractivity contribution < 1.29 is 4.52 Å². The molecule has 0 aliphatic rings. The summed E-state index contributed by atoms with van der Waals surface area (Å²) in [6, 6.07) is 24.2. The highest BCUT2D eigenvalue weighted by Gasteiger charge is 2.11. The maximum atomic E-state index is 5.31. The summed E-state index contributed by atoms with van der Waals surface area (Å²) in [5.41, 5.74) is 2.92. The number of aromatic nitrogens is 3. The van der Waals surface area contributed by atoms with E-state index in [4.69, 9.17) is 4.52 Å². The highest BCUT2D eigenvalue weighted by molar-refractivity contribution is 7.98. The Kier molecular flexibility index (Phi) is 4.57. The SMILES string of the molecule is c1ccc(CSc2ccc(-c3noc(-c4ccccn4)n3)cc2)cc1. The van der Waals surface area contributed by atoms with E-state index in [0.717, 1.165) is 11.3 Å². The first-order chi connectivity index (χ1) is 12.4. The van der Waals surface area contributed by atoms with Gasteiger partial charge in [-0.2, -0.15) is 4.98 Å². The Bertz CT molecular complexity index is 938. The van der Waals surface area contributed by atoms with Gasteiger partial charge in [0.2, 0.25) is 5.82 Å². The fourth-order valence-electron chi connectivity index (χ4n) is 2.38.